The van der Waals surface area contributed by atoms with Gasteiger partial charge in [-0.1, -0.05) is 12.1 Å². The number of benzene rings is 1. The Bertz CT molecular complexity index is 1400. The molecule has 4 aromatic rings. The number of ether oxygens (including phenoxy) is 2. The Hall–Kier alpha value is -3.60. The molecule has 1 aliphatic rings. The van der Waals surface area contributed by atoms with E-state index in [4.69, 9.17) is 9.47 Å². The lowest BCUT2D eigenvalue weighted by atomic mass is 9.75. The summed E-state index contributed by atoms with van der Waals surface area (Å²) in [4.78, 5) is 13.1. The van der Waals surface area contributed by atoms with Crippen LogP contribution in [-0.4, -0.2) is 44.1 Å². The maximum atomic E-state index is 13.7. The molecule has 1 aromatic carbocycles. The zero-order valence-electron chi connectivity index (χ0n) is 17.8. The van der Waals surface area contributed by atoms with Gasteiger partial charge in [0.15, 0.2) is 0 Å². The molecule has 33 heavy (non-hydrogen) atoms. The van der Waals surface area contributed by atoms with Crippen LogP contribution in [-0.2, 0) is 29.8 Å². The predicted octanol–water partition coefficient (Wildman–Crippen LogP) is 2.76. The average Bonchev–Trinajstić information content (AvgIpc) is 3.32. The maximum absolute atomic E-state index is 13.7. The van der Waals surface area contributed by atoms with E-state index in [1.165, 1.54) is 24.1 Å². The third kappa shape index (κ3) is 3.48. The summed E-state index contributed by atoms with van der Waals surface area (Å²) in [5, 5.41) is 8.08. The van der Waals surface area contributed by atoms with Crippen molar-refractivity contribution in [2.45, 2.75) is 18.0 Å². The first-order valence-corrected chi connectivity index (χ1v) is 10.1. The lowest BCUT2D eigenvalue weighted by Crippen LogP contribution is -2.49. The Kier molecular flexibility index (Phi) is 4.82. The van der Waals surface area contributed by atoms with Crippen molar-refractivity contribution in [3.8, 4) is 11.4 Å². The van der Waals surface area contributed by atoms with Crippen LogP contribution in [0, 0.1) is 0 Å². The second kappa shape index (κ2) is 7.48. The van der Waals surface area contributed by atoms with Gasteiger partial charge in [-0.2, -0.15) is 13.2 Å². The quantitative estimate of drug-likeness (QED) is 0.459. The van der Waals surface area contributed by atoms with E-state index in [-0.39, 0.29) is 16.7 Å². The van der Waals surface area contributed by atoms with Crippen LogP contribution in [0.15, 0.2) is 53.8 Å². The van der Waals surface area contributed by atoms with Gasteiger partial charge < -0.3 is 14.0 Å². The van der Waals surface area contributed by atoms with Crippen molar-refractivity contribution in [2.24, 2.45) is 7.05 Å². The Morgan fingerprint density at radius 1 is 1.21 bits per heavy atom. The first kappa shape index (κ1) is 21.3. The molecule has 0 radical (unpaired) electrons. The fourth-order valence-corrected chi connectivity index (χ4v) is 4.16. The third-order valence-corrected chi connectivity index (χ3v) is 6.08. The van der Waals surface area contributed by atoms with Crippen molar-refractivity contribution in [1.82, 2.24) is 23.7 Å². The molecule has 0 bridgehead atoms. The molecule has 4 heterocycles. The topological polar surface area (TPSA) is 75.6 Å². The molecule has 11 heteroatoms. The number of imidazole rings is 1. The van der Waals surface area contributed by atoms with E-state index in [1.54, 1.807) is 18.5 Å². The van der Waals surface area contributed by atoms with E-state index < -0.39 is 17.4 Å². The van der Waals surface area contributed by atoms with E-state index in [1.807, 2.05) is 23.7 Å². The van der Waals surface area contributed by atoms with Gasteiger partial charge in [0.05, 0.1) is 43.3 Å². The molecule has 0 aliphatic carbocycles. The fourth-order valence-electron chi connectivity index (χ4n) is 4.16. The van der Waals surface area contributed by atoms with Crippen molar-refractivity contribution >= 4 is 5.52 Å². The summed E-state index contributed by atoms with van der Waals surface area (Å²) >= 11 is 0. The highest BCUT2D eigenvalue weighted by atomic mass is 19.4. The highest BCUT2D eigenvalue weighted by Gasteiger charge is 2.42. The molecule has 0 amide bonds. The minimum Gasteiger partial charge on any atom is -0.495 e. The molecular weight excluding hydrogens is 439 g/mol. The lowest BCUT2D eigenvalue weighted by Gasteiger charge is -2.41. The van der Waals surface area contributed by atoms with Crippen LogP contribution < -0.4 is 10.4 Å². The van der Waals surface area contributed by atoms with Gasteiger partial charge in [-0.05, 0) is 23.8 Å². The van der Waals surface area contributed by atoms with Crippen LogP contribution in [0.25, 0.3) is 11.2 Å². The summed E-state index contributed by atoms with van der Waals surface area (Å²) in [6, 6.07) is 8.08. The summed E-state index contributed by atoms with van der Waals surface area (Å²) in [5.41, 5.74) is -0.819. The highest BCUT2D eigenvalue weighted by Crippen LogP contribution is 2.37. The summed E-state index contributed by atoms with van der Waals surface area (Å²) in [6.45, 7) is 0.927. The summed E-state index contributed by atoms with van der Waals surface area (Å²) in [5.74, 6) is 0.732. The molecule has 0 saturated carbocycles. The van der Waals surface area contributed by atoms with Gasteiger partial charge in [0.1, 0.15) is 17.9 Å². The third-order valence-electron chi connectivity index (χ3n) is 6.08. The average molecular weight is 459 g/mol. The maximum Gasteiger partial charge on any atom is 0.418 e. The van der Waals surface area contributed by atoms with Crippen LogP contribution >= 0.6 is 0 Å². The number of nitrogens with zero attached hydrogens (tertiary/aromatic N) is 5. The van der Waals surface area contributed by atoms with Gasteiger partial charge in [-0.3, -0.25) is 8.97 Å². The number of fused-ring (bicyclic) bond motifs is 1. The molecule has 0 N–H and O–H groups in total. The Morgan fingerprint density at radius 3 is 2.61 bits per heavy atom. The Balaban J connectivity index is 1.62. The van der Waals surface area contributed by atoms with E-state index in [9.17, 15) is 18.0 Å². The van der Waals surface area contributed by atoms with Crippen molar-refractivity contribution in [2.75, 3.05) is 20.3 Å². The van der Waals surface area contributed by atoms with Gasteiger partial charge in [-0.25, -0.2) is 4.79 Å². The minimum absolute atomic E-state index is 0.0577. The number of rotatable bonds is 5. The number of halogens is 3. The van der Waals surface area contributed by atoms with Crippen molar-refractivity contribution in [3.05, 3.63) is 76.5 Å². The van der Waals surface area contributed by atoms with E-state index in [0.29, 0.717) is 25.3 Å². The molecule has 0 atom stereocenters. The Labute approximate surface area is 185 Å². The molecule has 1 fully saturated rings. The summed E-state index contributed by atoms with van der Waals surface area (Å²) in [7, 11) is 3.11. The van der Waals surface area contributed by atoms with Crippen molar-refractivity contribution in [1.29, 1.82) is 0 Å². The number of aromatic nitrogens is 5. The first-order chi connectivity index (χ1) is 15.7. The number of aryl methyl sites for hydroxylation is 1. The molecule has 0 unspecified atom stereocenters. The van der Waals surface area contributed by atoms with Gasteiger partial charge in [0.2, 0.25) is 0 Å². The number of pyridine rings is 1. The number of alkyl halides is 3. The van der Waals surface area contributed by atoms with Gasteiger partial charge >= 0.3 is 11.9 Å². The number of hydrogen-bond donors (Lipinski definition) is 0. The van der Waals surface area contributed by atoms with Crippen molar-refractivity contribution in [3.63, 3.8) is 0 Å². The highest BCUT2D eigenvalue weighted by molar-refractivity contribution is 5.59. The molecule has 8 nitrogen and oxygen atoms in total. The standard InChI is InChI=1S/C22H20F3N5O3/c1-28-13-26-27-19(28)8-21(11-33-12-21)14-4-3-5-15(6-14)29-10-18-17(22(23,24)25)7-16(32-2)9-30(18)20(29)31/h3-7,9-10,13H,8,11-12H2,1-2H3. The van der Waals surface area contributed by atoms with Crippen molar-refractivity contribution < 1.29 is 22.6 Å². The minimum atomic E-state index is -4.65. The smallest absolute Gasteiger partial charge is 0.418 e. The zero-order valence-corrected chi connectivity index (χ0v) is 17.8. The largest absolute Gasteiger partial charge is 0.495 e. The second-order valence-electron chi connectivity index (χ2n) is 8.19. The predicted molar refractivity (Wildman–Crippen MR) is 112 cm³/mol. The Morgan fingerprint density at radius 2 is 2.00 bits per heavy atom. The van der Waals surface area contributed by atoms with Gasteiger partial charge in [0, 0.05) is 25.1 Å². The van der Waals surface area contributed by atoms with E-state index in [0.717, 1.165) is 21.9 Å². The van der Waals surface area contributed by atoms with Crippen LogP contribution in [0.2, 0.25) is 0 Å². The van der Waals surface area contributed by atoms with Crippen LogP contribution in [0.5, 0.6) is 5.75 Å². The number of hydrogen-bond acceptors (Lipinski definition) is 5. The first-order valence-electron chi connectivity index (χ1n) is 10.1. The van der Waals surface area contributed by atoms with Gasteiger partial charge in [-0.15, -0.1) is 10.2 Å². The number of methoxy groups -OCH3 is 1. The zero-order chi connectivity index (χ0) is 23.4. The fraction of sp³-hybridized carbons (Fsp3) is 0.318. The molecule has 1 aliphatic heterocycles. The normalized spacial score (nSPS) is 15.5. The van der Waals surface area contributed by atoms with Crippen LogP contribution in [0.3, 0.4) is 0 Å². The van der Waals surface area contributed by atoms with Crippen LogP contribution in [0.1, 0.15) is 17.0 Å². The molecule has 3 aromatic heterocycles. The molecule has 172 valence electrons. The van der Waals surface area contributed by atoms with E-state index in [2.05, 4.69) is 10.2 Å². The lowest BCUT2D eigenvalue weighted by molar-refractivity contribution is -0.136. The summed E-state index contributed by atoms with van der Waals surface area (Å²) < 4.78 is 55.5. The van der Waals surface area contributed by atoms with Crippen LogP contribution in [0.4, 0.5) is 13.2 Å². The molecule has 5 rings (SSSR count). The molecular formula is C22H20F3N5O3. The van der Waals surface area contributed by atoms with Gasteiger partial charge in [0.25, 0.3) is 0 Å². The SMILES string of the molecule is COc1cc(C(F)(F)F)c2cn(-c3cccc(C4(Cc5nncn5C)COC4)c3)c(=O)n2c1. The molecule has 1 saturated heterocycles. The van der Waals surface area contributed by atoms with E-state index >= 15 is 0 Å². The summed E-state index contributed by atoms with van der Waals surface area (Å²) in [6.07, 6.45) is 0.00934. The molecule has 0 spiro atoms. The second-order valence-corrected chi connectivity index (χ2v) is 8.19. The monoisotopic (exact) mass is 459 g/mol.